The molecule has 1 aromatic carbocycles. The van der Waals surface area contributed by atoms with Crippen molar-refractivity contribution in [3.63, 3.8) is 0 Å². The summed E-state index contributed by atoms with van der Waals surface area (Å²) in [6, 6.07) is 8.51. The van der Waals surface area contributed by atoms with E-state index in [4.69, 9.17) is 5.26 Å². The minimum absolute atomic E-state index is 0.115. The number of nitro groups is 1. The number of carbonyl (C=O) groups is 1. The lowest BCUT2D eigenvalue weighted by molar-refractivity contribution is -0.385. The van der Waals surface area contributed by atoms with Gasteiger partial charge in [-0.2, -0.15) is 18.4 Å². The number of amides is 1. The summed E-state index contributed by atoms with van der Waals surface area (Å²) in [5, 5.41) is 22.1. The van der Waals surface area contributed by atoms with Crippen LogP contribution in [0.15, 0.2) is 36.4 Å². The topological polar surface area (TPSA) is 112 Å². The number of rotatable bonds is 6. The van der Waals surface area contributed by atoms with Crippen LogP contribution in [0.1, 0.15) is 18.2 Å². The lowest BCUT2D eigenvalue weighted by Crippen LogP contribution is -2.34. The quantitative estimate of drug-likeness (QED) is 0.595. The summed E-state index contributed by atoms with van der Waals surface area (Å²) in [5.74, 6) is -0.624. The molecule has 146 valence electrons. The number of anilines is 2. The fourth-order valence-electron chi connectivity index (χ4n) is 2.40. The van der Waals surface area contributed by atoms with Gasteiger partial charge in [-0.1, -0.05) is 12.1 Å². The number of nitrogens with one attached hydrogen (secondary N) is 1. The summed E-state index contributed by atoms with van der Waals surface area (Å²) in [6.07, 6.45) is -4.63. The van der Waals surface area contributed by atoms with Crippen molar-refractivity contribution in [2.75, 3.05) is 23.3 Å². The second kappa shape index (κ2) is 8.34. The summed E-state index contributed by atoms with van der Waals surface area (Å²) in [5.41, 5.74) is -2.27. The minimum Gasteiger partial charge on any atom is -0.348 e. The van der Waals surface area contributed by atoms with Gasteiger partial charge in [0, 0.05) is 12.6 Å². The Hall–Kier alpha value is -3.68. The highest BCUT2D eigenvalue weighted by Crippen LogP contribution is 2.34. The van der Waals surface area contributed by atoms with Crippen LogP contribution in [0.5, 0.6) is 0 Å². The number of alkyl halides is 3. The van der Waals surface area contributed by atoms with Crippen LogP contribution in [0.4, 0.5) is 30.4 Å². The Balaban J connectivity index is 2.22. The van der Waals surface area contributed by atoms with Crippen LogP contribution < -0.4 is 10.2 Å². The molecule has 1 heterocycles. The first-order valence-electron chi connectivity index (χ1n) is 7.94. The van der Waals surface area contributed by atoms with Gasteiger partial charge in [0.1, 0.15) is 11.9 Å². The normalized spacial score (nSPS) is 10.8. The number of pyridine rings is 1. The van der Waals surface area contributed by atoms with Crippen LogP contribution in [-0.2, 0) is 11.0 Å². The van der Waals surface area contributed by atoms with Gasteiger partial charge in [0.2, 0.25) is 11.6 Å². The molecule has 11 heteroatoms. The second-order valence-corrected chi connectivity index (χ2v) is 5.51. The second-order valence-electron chi connectivity index (χ2n) is 5.51. The van der Waals surface area contributed by atoms with E-state index >= 15 is 0 Å². The Morgan fingerprint density at radius 3 is 2.57 bits per heavy atom. The van der Waals surface area contributed by atoms with Crippen LogP contribution in [0.25, 0.3) is 0 Å². The average Bonchev–Trinajstić information content (AvgIpc) is 2.65. The van der Waals surface area contributed by atoms with Gasteiger partial charge in [0.15, 0.2) is 0 Å². The fraction of sp³-hybridized carbons (Fsp3) is 0.235. The molecule has 0 unspecified atom stereocenters. The fourth-order valence-corrected chi connectivity index (χ4v) is 2.40. The van der Waals surface area contributed by atoms with Crippen molar-refractivity contribution in [1.82, 2.24) is 4.98 Å². The highest BCUT2D eigenvalue weighted by Gasteiger charge is 2.33. The molecule has 0 saturated carbocycles. The molecule has 0 spiro atoms. The third-order valence-corrected chi connectivity index (χ3v) is 3.71. The molecule has 0 aliphatic carbocycles. The van der Waals surface area contributed by atoms with Gasteiger partial charge >= 0.3 is 11.9 Å². The highest BCUT2D eigenvalue weighted by atomic mass is 19.4. The maximum Gasteiger partial charge on any atom is 0.418 e. The van der Waals surface area contributed by atoms with Gasteiger partial charge in [-0.05, 0) is 25.1 Å². The van der Waals surface area contributed by atoms with Gasteiger partial charge in [0.25, 0.3) is 0 Å². The van der Waals surface area contributed by atoms with Crippen molar-refractivity contribution < 1.29 is 22.9 Å². The van der Waals surface area contributed by atoms with Crippen molar-refractivity contribution in [1.29, 1.82) is 5.26 Å². The standard InChI is InChI=1S/C17H14F3N5O3/c1-2-24(15-8-7-14(25(27)28)13(9-21)22-15)10-16(26)23-12-6-4-3-5-11(12)17(18,19)20/h3-8H,2,10H2,1H3,(H,23,26). The zero-order chi connectivity index (χ0) is 20.9. The number of hydrogen-bond donors (Lipinski definition) is 1. The van der Waals surface area contributed by atoms with Gasteiger partial charge in [0.05, 0.1) is 22.7 Å². The molecule has 28 heavy (non-hydrogen) atoms. The summed E-state index contributed by atoms with van der Waals surface area (Å²) < 4.78 is 39.1. The SMILES string of the molecule is CCN(CC(=O)Nc1ccccc1C(F)(F)F)c1ccc([N+](=O)[O-])c(C#N)n1. The van der Waals surface area contributed by atoms with E-state index in [2.05, 4.69) is 10.3 Å². The van der Waals surface area contributed by atoms with Crippen LogP contribution in [0, 0.1) is 21.4 Å². The smallest absolute Gasteiger partial charge is 0.348 e. The van der Waals surface area contributed by atoms with Crippen molar-refractivity contribution in [2.45, 2.75) is 13.1 Å². The predicted molar refractivity (Wildman–Crippen MR) is 93.6 cm³/mol. The average molecular weight is 393 g/mol. The lowest BCUT2D eigenvalue weighted by atomic mass is 10.1. The van der Waals surface area contributed by atoms with Crippen molar-refractivity contribution >= 4 is 23.1 Å². The number of nitriles is 1. The van der Waals surface area contributed by atoms with E-state index in [9.17, 15) is 28.1 Å². The Morgan fingerprint density at radius 1 is 1.32 bits per heavy atom. The highest BCUT2D eigenvalue weighted by molar-refractivity contribution is 5.94. The molecule has 8 nitrogen and oxygen atoms in total. The minimum atomic E-state index is -4.63. The van der Waals surface area contributed by atoms with Gasteiger partial charge in [-0.15, -0.1) is 0 Å². The zero-order valence-electron chi connectivity index (χ0n) is 14.5. The van der Waals surface area contributed by atoms with E-state index in [0.29, 0.717) is 0 Å². The molecule has 2 rings (SSSR count). The molecule has 0 atom stereocenters. The number of nitrogens with zero attached hydrogens (tertiary/aromatic N) is 4. The monoisotopic (exact) mass is 393 g/mol. The number of halogens is 3. The van der Waals surface area contributed by atoms with Crippen molar-refractivity contribution in [2.24, 2.45) is 0 Å². The molecule has 1 N–H and O–H groups in total. The summed E-state index contributed by atoms with van der Waals surface area (Å²) in [4.78, 5) is 27.6. The van der Waals surface area contributed by atoms with Crippen molar-refractivity contribution in [3.8, 4) is 6.07 Å². The molecular formula is C17H14F3N5O3. The first kappa shape index (κ1) is 20.6. The number of para-hydroxylation sites is 1. The first-order chi connectivity index (χ1) is 13.2. The van der Waals surface area contributed by atoms with Crippen molar-refractivity contribution in [3.05, 3.63) is 57.8 Å². The summed E-state index contributed by atoms with van der Waals surface area (Å²) >= 11 is 0. The number of hydrogen-bond acceptors (Lipinski definition) is 6. The maximum atomic E-state index is 13.0. The third kappa shape index (κ3) is 4.73. The Kier molecular flexibility index (Phi) is 6.15. The van der Waals surface area contributed by atoms with Crippen LogP contribution >= 0.6 is 0 Å². The first-order valence-corrected chi connectivity index (χ1v) is 7.94. The zero-order valence-corrected chi connectivity index (χ0v) is 14.5. The predicted octanol–water partition coefficient (Wildman–Crippen LogP) is 3.35. The van der Waals surface area contributed by atoms with Gasteiger partial charge < -0.3 is 10.2 Å². The maximum absolute atomic E-state index is 13.0. The molecule has 0 radical (unpaired) electrons. The van der Waals surface area contributed by atoms with E-state index in [-0.39, 0.29) is 24.6 Å². The molecule has 0 aliphatic heterocycles. The van der Waals surface area contributed by atoms with Gasteiger partial charge in [-0.3, -0.25) is 14.9 Å². The Labute approximate surface area is 157 Å². The molecule has 0 saturated heterocycles. The van der Waals surface area contributed by atoms with Crippen LogP contribution in [0.2, 0.25) is 0 Å². The third-order valence-electron chi connectivity index (χ3n) is 3.71. The Bertz CT molecular complexity index is 940. The van der Waals surface area contributed by atoms with Gasteiger partial charge in [-0.25, -0.2) is 4.98 Å². The molecule has 0 fully saturated rings. The molecular weight excluding hydrogens is 379 g/mol. The molecule has 2 aromatic rings. The lowest BCUT2D eigenvalue weighted by Gasteiger charge is -2.22. The van der Waals surface area contributed by atoms with E-state index in [1.54, 1.807) is 13.0 Å². The van der Waals surface area contributed by atoms with Crippen LogP contribution in [0.3, 0.4) is 0 Å². The number of benzene rings is 1. The molecule has 1 amide bonds. The number of likely N-dealkylation sites (N-methyl/N-ethyl adjacent to an activating group) is 1. The number of carbonyl (C=O) groups excluding carboxylic acids is 1. The molecule has 1 aromatic heterocycles. The Morgan fingerprint density at radius 2 is 2.00 bits per heavy atom. The molecule has 0 bridgehead atoms. The summed E-state index contributed by atoms with van der Waals surface area (Å²) in [6.45, 7) is 1.52. The largest absolute Gasteiger partial charge is 0.418 e. The van der Waals surface area contributed by atoms with E-state index in [0.717, 1.165) is 18.2 Å². The van der Waals surface area contributed by atoms with E-state index in [1.165, 1.54) is 23.1 Å². The van der Waals surface area contributed by atoms with E-state index in [1.807, 2.05) is 0 Å². The molecule has 0 aliphatic rings. The number of aromatic nitrogens is 1. The van der Waals surface area contributed by atoms with E-state index < -0.39 is 34.0 Å². The summed E-state index contributed by atoms with van der Waals surface area (Å²) in [7, 11) is 0. The van der Waals surface area contributed by atoms with Crippen LogP contribution in [-0.4, -0.2) is 28.9 Å².